The molecule has 1 fully saturated rings. The van der Waals surface area contributed by atoms with E-state index in [0.717, 1.165) is 0 Å². The molecule has 0 aliphatic carbocycles. The summed E-state index contributed by atoms with van der Waals surface area (Å²) < 4.78 is 37.5. The molecule has 1 atom stereocenters. The quantitative estimate of drug-likeness (QED) is 0.515. The lowest BCUT2D eigenvalue weighted by Crippen LogP contribution is -2.44. The van der Waals surface area contributed by atoms with Gasteiger partial charge < -0.3 is 9.47 Å². The summed E-state index contributed by atoms with van der Waals surface area (Å²) >= 11 is 5.84. The van der Waals surface area contributed by atoms with Crippen molar-refractivity contribution >= 4 is 33.7 Å². The molecule has 1 aliphatic rings. The summed E-state index contributed by atoms with van der Waals surface area (Å²) in [7, 11) is -0.751. The topological polar surface area (TPSA) is 97.3 Å². The Morgan fingerprint density at radius 2 is 1.93 bits per heavy atom. The molecule has 8 nitrogen and oxygen atoms in total. The zero-order valence-corrected chi connectivity index (χ0v) is 18.1. The molecule has 0 spiro atoms. The zero-order valence-electron chi connectivity index (χ0n) is 16.5. The van der Waals surface area contributed by atoms with Gasteiger partial charge in [0, 0.05) is 23.2 Å². The van der Waals surface area contributed by atoms with E-state index in [4.69, 9.17) is 21.1 Å². The first-order valence-corrected chi connectivity index (χ1v) is 11.0. The van der Waals surface area contributed by atoms with Crippen LogP contribution in [0.1, 0.15) is 18.4 Å². The molecule has 0 radical (unpaired) electrons. The highest BCUT2D eigenvalue weighted by Gasteiger charge is 2.39. The Hall–Kier alpha value is -2.62. The summed E-state index contributed by atoms with van der Waals surface area (Å²) in [5.41, 5.74) is 3.07. The van der Waals surface area contributed by atoms with Crippen LogP contribution in [0.15, 0.2) is 52.5 Å². The molecule has 30 heavy (non-hydrogen) atoms. The van der Waals surface area contributed by atoms with Crippen LogP contribution in [0.2, 0.25) is 5.02 Å². The third-order valence-electron chi connectivity index (χ3n) is 4.75. The fraction of sp³-hybridized carbons (Fsp3) is 0.300. The van der Waals surface area contributed by atoms with Gasteiger partial charge in [0.05, 0.1) is 25.3 Å². The standard InChI is InChI=1S/C20H22ClN3O5S/c1-28-16-8-5-14(19(12-16)29-2)13-22-23-20(25)18-4-3-11-24(18)30(26,27)17-9-6-15(21)7-10-17/h5-10,12-13,18H,3-4,11H2,1-2H3,(H,23,25)/b22-13-/t18-/m1/s1. The SMILES string of the molecule is COc1ccc(/C=N\NC(=O)[C@H]2CCCN2S(=O)(=O)c2ccc(Cl)cc2)c(OC)c1. The number of ether oxygens (including phenoxy) is 2. The van der Waals surface area contributed by atoms with Gasteiger partial charge in [-0.2, -0.15) is 9.41 Å². The molecule has 2 aromatic rings. The number of sulfonamides is 1. The first-order valence-electron chi connectivity index (χ1n) is 9.19. The number of nitrogens with one attached hydrogen (secondary N) is 1. The molecule has 1 aliphatic heterocycles. The minimum Gasteiger partial charge on any atom is -0.497 e. The minimum absolute atomic E-state index is 0.0954. The van der Waals surface area contributed by atoms with Gasteiger partial charge in [0.2, 0.25) is 10.0 Å². The van der Waals surface area contributed by atoms with E-state index in [9.17, 15) is 13.2 Å². The van der Waals surface area contributed by atoms with E-state index < -0.39 is 22.0 Å². The molecular weight excluding hydrogens is 430 g/mol. The fourth-order valence-electron chi connectivity index (χ4n) is 3.20. The van der Waals surface area contributed by atoms with Crippen molar-refractivity contribution in [2.24, 2.45) is 5.10 Å². The molecule has 3 rings (SSSR count). The Kier molecular flexibility index (Phi) is 6.96. The van der Waals surface area contributed by atoms with Crippen LogP contribution in [0.5, 0.6) is 11.5 Å². The third kappa shape index (κ3) is 4.75. The van der Waals surface area contributed by atoms with E-state index in [0.29, 0.717) is 34.9 Å². The molecule has 0 unspecified atom stereocenters. The number of amides is 1. The second-order valence-corrected chi connectivity index (χ2v) is 8.90. The number of halogens is 1. The Morgan fingerprint density at radius 1 is 1.20 bits per heavy atom. The number of methoxy groups -OCH3 is 2. The van der Waals surface area contributed by atoms with Gasteiger partial charge in [0.15, 0.2) is 0 Å². The Balaban J connectivity index is 1.72. The van der Waals surface area contributed by atoms with Crippen LogP contribution in [0.25, 0.3) is 0 Å². The van der Waals surface area contributed by atoms with Crippen molar-refractivity contribution in [3.63, 3.8) is 0 Å². The van der Waals surface area contributed by atoms with Gasteiger partial charge in [-0.25, -0.2) is 13.8 Å². The van der Waals surface area contributed by atoms with Gasteiger partial charge in [-0.1, -0.05) is 11.6 Å². The third-order valence-corrected chi connectivity index (χ3v) is 6.92. The van der Waals surface area contributed by atoms with Gasteiger partial charge >= 0.3 is 0 Å². The van der Waals surface area contributed by atoms with E-state index >= 15 is 0 Å². The molecule has 1 N–H and O–H groups in total. The molecule has 0 saturated carbocycles. The van der Waals surface area contributed by atoms with E-state index in [2.05, 4.69) is 10.5 Å². The van der Waals surface area contributed by atoms with Crippen LogP contribution in [-0.2, 0) is 14.8 Å². The van der Waals surface area contributed by atoms with E-state index in [1.165, 1.54) is 41.9 Å². The summed E-state index contributed by atoms with van der Waals surface area (Å²) in [4.78, 5) is 12.7. The van der Waals surface area contributed by atoms with Crippen LogP contribution >= 0.6 is 11.6 Å². The van der Waals surface area contributed by atoms with Gasteiger partial charge in [-0.3, -0.25) is 4.79 Å². The van der Waals surface area contributed by atoms with Gasteiger partial charge in [0.25, 0.3) is 5.91 Å². The molecule has 160 valence electrons. The van der Waals surface area contributed by atoms with E-state index in [1.807, 2.05) is 0 Å². The monoisotopic (exact) mass is 451 g/mol. The highest BCUT2D eigenvalue weighted by molar-refractivity contribution is 7.89. The molecular formula is C20H22ClN3O5S. The van der Waals surface area contributed by atoms with Crippen molar-refractivity contribution < 1.29 is 22.7 Å². The summed E-state index contributed by atoms with van der Waals surface area (Å²) in [5.74, 6) is 0.663. The maximum absolute atomic E-state index is 12.9. The van der Waals surface area contributed by atoms with Crippen molar-refractivity contribution in [2.45, 2.75) is 23.8 Å². The smallest absolute Gasteiger partial charge is 0.258 e. The highest BCUT2D eigenvalue weighted by atomic mass is 35.5. The number of carbonyl (C=O) groups excluding carboxylic acids is 1. The molecule has 2 aromatic carbocycles. The van der Waals surface area contributed by atoms with Crippen LogP contribution in [0.4, 0.5) is 0 Å². The number of benzene rings is 2. The molecule has 1 heterocycles. The van der Waals surface area contributed by atoms with Gasteiger partial charge in [-0.15, -0.1) is 0 Å². The van der Waals surface area contributed by atoms with Crippen molar-refractivity contribution in [2.75, 3.05) is 20.8 Å². The predicted octanol–water partition coefficient (Wildman–Crippen LogP) is 2.66. The van der Waals surface area contributed by atoms with E-state index in [1.54, 1.807) is 25.3 Å². The molecule has 1 amide bonds. The number of hydrogen-bond acceptors (Lipinski definition) is 6. The first-order chi connectivity index (χ1) is 14.4. The second-order valence-electron chi connectivity index (χ2n) is 6.57. The molecule has 10 heteroatoms. The molecule has 0 aromatic heterocycles. The first kappa shape index (κ1) is 22.1. The molecule has 0 bridgehead atoms. The Bertz CT molecular complexity index is 1040. The predicted molar refractivity (Wildman–Crippen MR) is 114 cm³/mol. The minimum atomic E-state index is -3.82. The average molecular weight is 452 g/mol. The lowest BCUT2D eigenvalue weighted by atomic mass is 10.2. The normalized spacial score (nSPS) is 17.2. The van der Waals surface area contributed by atoms with Crippen molar-refractivity contribution in [1.82, 2.24) is 9.73 Å². The number of hydrogen-bond donors (Lipinski definition) is 1. The Morgan fingerprint density at radius 3 is 2.60 bits per heavy atom. The van der Waals surface area contributed by atoms with Crippen molar-refractivity contribution in [3.8, 4) is 11.5 Å². The highest BCUT2D eigenvalue weighted by Crippen LogP contribution is 2.27. The van der Waals surface area contributed by atoms with Crippen LogP contribution in [0.3, 0.4) is 0 Å². The van der Waals surface area contributed by atoms with Crippen LogP contribution in [-0.4, -0.2) is 51.7 Å². The summed E-state index contributed by atoms with van der Waals surface area (Å²) in [5, 5.41) is 4.40. The van der Waals surface area contributed by atoms with Gasteiger partial charge in [0.1, 0.15) is 17.5 Å². The Labute approximate surface area is 180 Å². The number of carbonyl (C=O) groups is 1. The lowest BCUT2D eigenvalue weighted by Gasteiger charge is -2.22. The van der Waals surface area contributed by atoms with Crippen molar-refractivity contribution in [1.29, 1.82) is 0 Å². The number of hydrazone groups is 1. The van der Waals surface area contributed by atoms with Crippen molar-refractivity contribution in [3.05, 3.63) is 53.1 Å². The summed E-state index contributed by atoms with van der Waals surface area (Å²) in [6, 6.07) is 10.2. The number of rotatable bonds is 7. The summed E-state index contributed by atoms with van der Waals surface area (Å²) in [6.45, 7) is 0.263. The average Bonchev–Trinajstić information content (AvgIpc) is 3.25. The van der Waals surface area contributed by atoms with Crippen LogP contribution in [0, 0.1) is 0 Å². The lowest BCUT2D eigenvalue weighted by molar-refractivity contribution is -0.124. The molecule has 1 saturated heterocycles. The maximum Gasteiger partial charge on any atom is 0.258 e. The zero-order chi connectivity index (χ0) is 21.7. The maximum atomic E-state index is 12.9. The fourth-order valence-corrected chi connectivity index (χ4v) is 4.98. The van der Waals surface area contributed by atoms with Crippen LogP contribution < -0.4 is 14.9 Å². The largest absolute Gasteiger partial charge is 0.497 e. The van der Waals surface area contributed by atoms with Gasteiger partial charge in [-0.05, 0) is 49.2 Å². The van der Waals surface area contributed by atoms with E-state index in [-0.39, 0.29) is 11.4 Å². The summed E-state index contributed by atoms with van der Waals surface area (Å²) in [6.07, 6.45) is 2.43. The number of nitrogens with zero attached hydrogens (tertiary/aromatic N) is 2. The second kappa shape index (κ2) is 9.46.